The normalized spacial score (nSPS) is 16.5. The number of rotatable bonds is 7. The number of fused-ring (bicyclic) bond motifs is 1. The van der Waals surface area contributed by atoms with Crippen molar-refractivity contribution in [3.05, 3.63) is 10.9 Å². The van der Waals surface area contributed by atoms with Crippen LogP contribution in [0.5, 0.6) is 0 Å². The van der Waals surface area contributed by atoms with Crippen LogP contribution in [0.25, 0.3) is 10.2 Å². The molecule has 1 amide bonds. The van der Waals surface area contributed by atoms with Crippen LogP contribution in [0.1, 0.15) is 18.2 Å². The lowest BCUT2D eigenvalue weighted by molar-refractivity contribution is -0.161. The Morgan fingerprint density at radius 2 is 1.88 bits per heavy atom. The summed E-state index contributed by atoms with van der Waals surface area (Å²) in [5, 5.41) is 21.6. The van der Waals surface area contributed by atoms with Gasteiger partial charge in [-0.2, -0.15) is 18.2 Å². The minimum Gasteiger partial charge on any atom is -0.394 e. The summed E-state index contributed by atoms with van der Waals surface area (Å²) in [5.74, 6) is -3.78. The zero-order chi connectivity index (χ0) is 23.7. The second kappa shape index (κ2) is 9.27. The molecule has 32 heavy (non-hydrogen) atoms. The van der Waals surface area contributed by atoms with Crippen molar-refractivity contribution in [2.24, 2.45) is 0 Å². The van der Waals surface area contributed by atoms with Crippen LogP contribution in [0.3, 0.4) is 0 Å². The number of halogens is 5. The number of nitrogens with one attached hydrogen (secondary N) is 1. The van der Waals surface area contributed by atoms with E-state index in [1.807, 2.05) is 0 Å². The number of thiophene rings is 1. The summed E-state index contributed by atoms with van der Waals surface area (Å²) in [5.41, 5.74) is 0. The lowest BCUT2D eigenvalue weighted by Crippen LogP contribution is -2.49. The molecule has 0 radical (unpaired) electrons. The number of aromatic nitrogens is 2. The molecule has 178 valence electrons. The first-order valence-corrected chi connectivity index (χ1v) is 10.5. The van der Waals surface area contributed by atoms with E-state index in [9.17, 15) is 31.9 Å². The highest BCUT2D eigenvalue weighted by Gasteiger charge is 2.35. The Bertz CT molecular complexity index is 957. The molecule has 14 heteroatoms. The molecule has 1 saturated heterocycles. The Hall–Kier alpha value is -2.32. The van der Waals surface area contributed by atoms with Gasteiger partial charge >= 0.3 is 6.18 Å². The number of aliphatic hydroxyl groups excluding tert-OH is 2. The van der Waals surface area contributed by atoms with Gasteiger partial charge in [0.2, 0.25) is 11.9 Å². The van der Waals surface area contributed by atoms with E-state index >= 15 is 0 Å². The summed E-state index contributed by atoms with van der Waals surface area (Å²) in [7, 11) is 0. The fraction of sp³-hybridized carbons (Fsp3) is 0.611. The molecule has 0 unspecified atom stereocenters. The lowest BCUT2D eigenvalue weighted by atomic mass is 10.2. The van der Waals surface area contributed by atoms with Crippen molar-refractivity contribution in [1.29, 1.82) is 0 Å². The molecular weight excluding hydrogens is 461 g/mol. The van der Waals surface area contributed by atoms with Crippen molar-refractivity contribution in [1.82, 2.24) is 14.9 Å². The van der Waals surface area contributed by atoms with Crippen molar-refractivity contribution in [2.75, 3.05) is 49.5 Å². The van der Waals surface area contributed by atoms with Gasteiger partial charge in [0.15, 0.2) is 0 Å². The highest BCUT2D eigenvalue weighted by atomic mass is 32.1. The molecule has 0 spiro atoms. The molecule has 1 atom stereocenters. The number of hydrogen-bond acceptors (Lipinski definition) is 8. The van der Waals surface area contributed by atoms with Crippen LogP contribution in [0.15, 0.2) is 6.07 Å². The van der Waals surface area contributed by atoms with E-state index in [-0.39, 0.29) is 48.4 Å². The average Bonchev–Trinajstić information content (AvgIpc) is 3.15. The van der Waals surface area contributed by atoms with Gasteiger partial charge in [-0.15, -0.1) is 11.3 Å². The molecule has 3 heterocycles. The number of carbonyl (C=O) groups excluding carboxylic acids is 1. The molecule has 3 N–H and O–H groups in total. The molecule has 2 aromatic heterocycles. The molecule has 0 aromatic carbocycles. The Morgan fingerprint density at radius 3 is 2.44 bits per heavy atom. The lowest BCUT2D eigenvalue weighted by Gasteiger charge is -2.36. The minimum absolute atomic E-state index is 0.0212. The first-order chi connectivity index (χ1) is 14.9. The highest BCUT2D eigenvalue weighted by molar-refractivity contribution is 7.18. The quantitative estimate of drug-likeness (QED) is 0.519. The van der Waals surface area contributed by atoms with Crippen molar-refractivity contribution >= 4 is 39.2 Å². The predicted octanol–water partition coefficient (Wildman–Crippen LogP) is 2.17. The average molecular weight is 483 g/mol. The Labute approximate surface area is 183 Å². The fourth-order valence-corrected chi connectivity index (χ4v) is 4.12. The van der Waals surface area contributed by atoms with Crippen LogP contribution in [0, 0.1) is 0 Å². The van der Waals surface area contributed by atoms with Crippen LogP contribution >= 0.6 is 11.3 Å². The van der Waals surface area contributed by atoms with Gasteiger partial charge in [0.1, 0.15) is 17.1 Å². The van der Waals surface area contributed by atoms with Crippen molar-refractivity contribution < 1.29 is 37.0 Å². The summed E-state index contributed by atoms with van der Waals surface area (Å²) < 4.78 is 65.3. The van der Waals surface area contributed by atoms with E-state index in [1.165, 1.54) is 6.07 Å². The van der Waals surface area contributed by atoms with Gasteiger partial charge in [0, 0.05) is 39.6 Å². The number of anilines is 2. The highest BCUT2D eigenvalue weighted by Crippen LogP contribution is 2.39. The molecule has 8 nitrogen and oxygen atoms in total. The molecule has 0 saturated carbocycles. The number of piperazine rings is 1. The van der Waals surface area contributed by atoms with Crippen molar-refractivity contribution in [3.8, 4) is 0 Å². The van der Waals surface area contributed by atoms with Gasteiger partial charge in [-0.3, -0.25) is 4.79 Å². The van der Waals surface area contributed by atoms with Crippen molar-refractivity contribution in [3.63, 3.8) is 0 Å². The summed E-state index contributed by atoms with van der Waals surface area (Å²) in [4.78, 5) is 23.2. The van der Waals surface area contributed by atoms with E-state index in [4.69, 9.17) is 5.11 Å². The number of carbonyl (C=O) groups is 1. The Kier molecular flexibility index (Phi) is 7.05. The molecular formula is C18H22F5N5O3S. The summed E-state index contributed by atoms with van der Waals surface area (Å²) in [6.45, 7) is 0.530. The molecule has 1 aliphatic heterocycles. The van der Waals surface area contributed by atoms with Crippen LogP contribution in [-0.2, 0) is 10.7 Å². The number of hydrogen-bond donors (Lipinski definition) is 3. The maximum Gasteiger partial charge on any atom is 0.397 e. The van der Waals surface area contributed by atoms with Gasteiger partial charge < -0.3 is 25.3 Å². The minimum atomic E-state index is -4.59. The standard InChI is InChI=1S/C18H22F5N5O3S/c1-17(19,20)12-6-11-14(25-16(26-15(11)32-12)24-8-10(30)9-29)28-4-2-27(3-5-28)13(31)7-18(21,22)23/h6,10,29-30H,2-5,7-9H2,1H3,(H,24,25,26)/t10-/m1/s1. The van der Waals surface area contributed by atoms with E-state index in [2.05, 4.69) is 15.3 Å². The summed E-state index contributed by atoms with van der Waals surface area (Å²) >= 11 is 0.779. The zero-order valence-corrected chi connectivity index (χ0v) is 17.8. The van der Waals surface area contributed by atoms with Gasteiger partial charge in [-0.25, -0.2) is 13.8 Å². The SMILES string of the molecule is CC(F)(F)c1cc2c(N3CCN(C(=O)CC(F)(F)F)CC3)nc(NC[C@@H](O)CO)nc2s1. The Balaban J connectivity index is 1.85. The first-order valence-electron chi connectivity index (χ1n) is 9.69. The van der Waals surface area contributed by atoms with Gasteiger partial charge in [-0.05, 0) is 6.07 Å². The topological polar surface area (TPSA) is 102 Å². The van der Waals surface area contributed by atoms with Crippen LogP contribution in [-0.4, -0.2) is 82.6 Å². The van der Waals surface area contributed by atoms with Gasteiger partial charge in [-0.1, -0.05) is 0 Å². The number of nitrogens with zero attached hydrogens (tertiary/aromatic N) is 4. The van der Waals surface area contributed by atoms with Gasteiger partial charge in [0.25, 0.3) is 5.92 Å². The molecule has 0 aliphatic carbocycles. The van der Waals surface area contributed by atoms with E-state index in [1.54, 1.807) is 4.90 Å². The molecule has 1 aliphatic rings. The molecule has 1 fully saturated rings. The van der Waals surface area contributed by atoms with Gasteiger partial charge in [0.05, 0.1) is 23.0 Å². The fourth-order valence-electron chi connectivity index (χ4n) is 3.17. The monoisotopic (exact) mass is 483 g/mol. The molecule has 0 bridgehead atoms. The second-order valence-corrected chi connectivity index (χ2v) is 8.50. The van der Waals surface area contributed by atoms with E-state index in [0.717, 1.165) is 23.2 Å². The van der Waals surface area contributed by atoms with Crippen molar-refractivity contribution in [2.45, 2.75) is 31.5 Å². The number of alkyl halides is 5. The van der Waals surface area contributed by atoms with E-state index in [0.29, 0.717) is 11.2 Å². The summed E-state index contributed by atoms with van der Waals surface area (Å²) in [6, 6.07) is 1.28. The third-order valence-corrected chi connectivity index (χ3v) is 6.00. The third-order valence-electron chi connectivity index (χ3n) is 4.80. The Morgan fingerprint density at radius 1 is 1.22 bits per heavy atom. The molecule has 3 rings (SSSR count). The maximum atomic E-state index is 13.9. The third kappa shape index (κ3) is 5.92. The first kappa shape index (κ1) is 24.3. The smallest absolute Gasteiger partial charge is 0.394 e. The predicted molar refractivity (Wildman–Crippen MR) is 108 cm³/mol. The molecule has 2 aromatic rings. The number of amides is 1. The largest absolute Gasteiger partial charge is 0.397 e. The number of aliphatic hydroxyl groups is 2. The second-order valence-electron chi connectivity index (χ2n) is 7.47. The van der Waals surface area contributed by atoms with E-state index < -0.39 is 37.1 Å². The zero-order valence-electron chi connectivity index (χ0n) is 17.0. The van der Waals surface area contributed by atoms with Crippen LogP contribution in [0.2, 0.25) is 0 Å². The summed E-state index contributed by atoms with van der Waals surface area (Å²) in [6.07, 6.45) is -7.21. The van der Waals surface area contributed by atoms with Crippen LogP contribution in [0.4, 0.5) is 33.7 Å². The van der Waals surface area contributed by atoms with Crippen LogP contribution < -0.4 is 10.2 Å². The maximum absolute atomic E-state index is 13.9.